The Bertz CT molecular complexity index is 882. The van der Waals surface area contributed by atoms with Crippen molar-refractivity contribution >= 4 is 28.0 Å². The highest BCUT2D eigenvalue weighted by Crippen LogP contribution is 2.51. The van der Waals surface area contributed by atoms with E-state index in [1.54, 1.807) is 0 Å². The van der Waals surface area contributed by atoms with E-state index in [-0.39, 0.29) is 5.57 Å². The van der Waals surface area contributed by atoms with Crippen LogP contribution in [-0.4, -0.2) is 75.9 Å². The summed E-state index contributed by atoms with van der Waals surface area (Å²) in [5, 5.41) is 0. The summed E-state index contributed by atoms with van der Waals surface area (Å²) in [6.45, 7) is 4.73. The summed E-state index contributed by atoms with van der Waals surface area (Å²) < 4.78 is 86.6. The van der Waals surface area contributed by atoms with E-state index in [2.05, 4.69) is 15.5 Å². The maximum absolute atomic E-state index is 13.2. The van der Waals surface area contributed by atoms with Gasteiger partial charge in [-0.2, -0.15) is 21.6 Å². The Hall–Kier alpha value is -2.19. The Morgan fingerprint density at radius 1 is 1.23 bits per heavy atom. The van der Waals surface area contributed by atoms with Crippen LogP contribution in [0.1, 0.15) is 6.92 Å². The Labute approximate surface area is 168 Å². The highest BCUT2D eigenvalue weighted by molar-refractivity contribution is 7.86. The lowest BCUT2D eigenvalue weighted by Gasteiger charge is -2.28. The minimum atomic E-state index is -5.23. The molecule has 10 nitrogen and oxygen atoms in total. The molecule has 0 aliphatic carbocycles. The zero-order chi connectivity index (χ0) is 22.6. The van der Waals surface area contributed by atoms with Gasteiger partial charge >= 0.3 is 24.1 Å². The number of rotatable bonds is 7. The first-order valence-corrected chi connectivity index (χ1v) is 10.1. The number of halogens is 3. The summed E-state index contributed by atoms with van der Waals surface area (Å²) in [7, 11) is -3.98. The fourth-order valence-corrected chi connectivity index (χ4v) is 4.39. The molecule has 7 atom stereocenters. The molecule has 0 amide bonds. The molecule has 0 aromatic rings. The number of hydrogen-bond donors (Lipinski definition) is 0. The van der Waals surface area contributed by atoms with Gasteiger partial charge in [-0.25, -0.2) is 4.79 Å². The quantitative estimate of drug-likeness (QED) is 0.220. The predicted molar refractivity (Wildman–Crippen MR) is 86.9 cm³/mol. The van der Waals surface area contributed by atoms with E-state index in [4.69, 9.17) is 14.2 Å². The maximum atomic E-state index is 13.2. The van der Waals surface area contributed by atoms with Gasteiger partial charge in [0.25, 0.3) is 10.1 Å². The molecule has 0 aromatic heterocycles. The number of esters is 3. The first-order valence-electron chi connectivity index (χ1n) is 8.54. The molecular weight excluding hydrogens is 441 g/mol. The zero-order valence-corrected chi connectivity index (χ0v) is 16.4. The van der Waals surface area contributed by atoms with Crippen molar-refractivity contribution in [1.82, 2.24) is 0 Å². The molecule has 0 radical (unpaired) electrons. The monoisotopic (exact) mass is 458 g/mol. The average Bonchev–Trinajstić information content (AvgIpc) is 3.23. The van der Waals surface area contributed by atoms with Gasteiger partial charge in [-0.05, 0) is 6.92 Å². The van der Waals surface area contributed by atoms with Crippen LogP contribution in [0.5, 0.6) is 0 Å². The Balaban J connectivity index is 1.83. The van der Waals surface area contributed by atoms with Crippen LogP contribution in [0.4, 0.5) is 13.2 Å². The van der Waals surface area contributed by atoms with Gasteiger partial charge < -0.3 is 18.9 Å². The van der Waals surface area contributed by atoms with E-state index < -0.39 is 82.3 Å². The fourth-order valence-electron chi connectivity index (χ4n) is 3.63. The first kappa shape index (κ1) is 22.5. The van der Waals surface area contributed by atoms with Gasteiger partial charge in [0.15, 0.2) is 12.2 Å². The van der Waals surface area contributed by atoms with E-state index in [1.165, 1.54) is 6.92 Å². The molecule has 0 N–H and O–H groups in total. The Morgan fingerprint density at radius 2 is 1.87 bits per heavy atom. The van der Waals surface area contributed by atoms with Gasteiger partial charge in [0, 0.05) is 5.57 Å². The van der Waals surface area contributed by atoms with Crippen LogP contribution in [-0.2, 0) is 47.6 Å². The maximum Gasteiger partial charge on any atom is 0.426 e. The first-order chi connectivity index (χ1) is 13.8. The summed E-state index contributed by atoms with van der Waals surface area (Å²) in [6.07, 6.45) is -12.9. The molecule has 7 unspecified atom stereocenters. The third-order valence-corrected chi connectivity index (χ3v) is 6.22. The van der Waals surface area contributed by atoms with Crippen LogP contribution in [0, 0.1) is 11.8 Å². The average molecular weight is 458 g/mol. The van der Waals surface area contributed by atoms with Gasteiger partial charge in [0.1, 0.15) is 29.8 Å². The van der Waals surface area contributed by atoms with Crippen molar-refractivity contribution in [3.8, 4) is 0 Å². The van der Waals surface area contributed by atoms with Crippen molar-refractivity contribution in [2.24, 2.45) is 11.8 Å². The molecule has 3 saturated heterocycles. The number of alkyl halides is 3. The number of hydrogen-bond acceptors (Lipinski definition) is 10. The van der Waals surface area contributed by atoms with Gasteiger partial charge in [-0.1, -0.05) is 6.58 Å². The normalized spacial score (nSPS) is 33.2. The van der Waals surface area contributed by atoms with Crippen molar-refractivity contribution in [1.29, 1.82) is 0 Å². The van der Waals surface area contributed by atoms with E-state index in [9.17, 15) is 36.0 Å². The largest absolute Gasteiger partial charge is 0.455 e. The SMILES string of the molecule is C=C(C)C(=O)OC1C2OC(=O)C3C2OC1C3C(=O)OC(CS(=O)(=O)OC)C(F)(F)F. The number of carbonyl (C=O) groups is 3. The number of carbonyl (C=O) groups excluding carboxylic acids is 3. The molecule has 168 valence electrons. The third-order valence-electron chi connectivity index (χ3n) is 5.00. The second-order valence-corrected chi connectivity index (χ2v) is 8.81. The van der Waals surface area contributed by atoms with Crippen LogP contribution < -0.4 is 0 Å². The minimum absolute atomic E-state index is 0.000295. The molecule has 0 aromatic carbocycles. The van der Waals surface area contributed by atoms with Crippen LogP contribution in [0.3, 0.4) is 0 Å². The molecule has 0 saturated carbocycles. The van der Waals surface area contributed by atoms with Gasteiger partial charge in [0.2, 0.25) is 6.10 Å². The lowest BCUT2D eigenvalue weighted by atomic mass is 9.78. The van der Waals surface area contributed by atoms with E-state index >= 15 is 0 Å². The second-order valence-electron chi connectivity index (χ2n) is 7.03. The zero-order valence-electron chi connectivity index (χ0n) is 15.6. The molecule has 0 spiro atoms. The molecule has 2 bridgehead atoms. The summed E-state index contributed by atoms with van der Waals surface area (Å²) in [5.41, 5.74) is -0.000295. The van der Waals surface area contributed by atoms with Gasteiger partial charge in [0.05, 0.1) is 7.11 Å². The van der Waals surface area contributed by atoms with Crippen LogP contribution in [0.2, 0.25) is 0 Å². The smallest absolute Gasteiger partial charge is 0.426 e. The van der Waals surface area contributed by atoms with Crippen LogP contribution in [0.25, 0.3) is 0 Å². The molecule has 3 heterocycles. The number of fused-ring (bicyclic) bond motifs is 1. The van der Waals surface area contributed by atoms with Crippen molar-refractivity contribution < 1.29 is 59.1 Å². The molecule has 30 heavy (non-hydrogen) atoms. The second kappa shape index (κ2) is 7.50. The fraction of sp³-hybridized carbons (Fsp3) is 0.688. The van der Waals surface area contributed by atoms with E-state index in [0.29, 0.717) is 7.11 Å². The van der Waals surface area contributed by atoms with Crippen molar-refractivity contribution in [2.75, 3.05) is 12.9 Å². The van der Waals surface area contributed by atoms with Crippen molar-refractivity contribution in [3.05, 3.63) is 12.2 Å². The standard InChI is InChI=1S/C16H17F3O10S/c1-5(2)13(20)28-11-9-7(8-10(27-9)12(11)29-15(8)22)14(21)26-6(16(17,18)19)4-30(23,24)25-3/h6-12H,1,4H2,2-3H3. The molecule has 3 aliphatic heterocycles. The van der Waals surface area contributed by atoms with Crippen LogP contribution in [0.15, 0.2) is 12.2 Å². The topological polar surface area (TPSA) is 132 Å². The summed E-state index contributed by atoms with van der Waals surface area (Å²) >= 11 is 0. The van der Waals surface area contributed by atoms with Gasteiger partial charge in [-0.15, -0.1) is 0 Å². The Morgan fingerprint density at radius 3 is 2.40 bits per heavy atom. The highest BCUT2D eigenvalue weighted by atomic mass is 32.2. The van der Waals surface area contributed by atoms with Crippen molar-refractivity contribution in [2.45, 2.75) is 43.6 Å². The molecule has 14 heteroatoms. The summed E-state index contributed by atoms with van der Waals surface area (Å²) in [5.74, 6) is -7.85. The molecular formula is C16H17F3O10S. The predicted octanol–water partition coefficient (Wildman–Crippen LogP) is -0.137. The lowest BCUT2D eigenvalue weighted by Crippen LogP contribution is -2.50. The molecule has 3 aliphatic rings. The number of ether oxygens (including phenoxy) is 4. The van der Waals surface area contributed by atoms with E-state index in [1.807, 2.05) is 0 Å². The third kappa shape index (κ3) is 3.90. The highest BCUT2D eigenvalue weighted by Gasteiger charge is 2.72. The minimum Gasteiger partial charge on any atom is -0.455 e. The summed E-state index contributed by atoms with van der Waals surface area (Å²) in [4.78, 5) is 36.5. The summed E-state index contributed by atoms with van der Waals surface area (Å²) in [6, 6.07) is 0. The molecule has 3 rings (SSSR count). The van der Waals surface area contributed by atoms with E-state index in [0.717, 1.165) is 0 Å². The van der Waals surface area contributed by atoms with Crippen molar-refractivity contribution in [3.63, 3.8) is 0 Å². The lowest BCUT2D eigenvalue weighted by molar-refractivity contribution is -0.219. The Kier molecular flexibility index (Phi) is 5.62. The van der Waals surface area contributed by atoms with Gasteiger partial charge in [-0.3, -0.25) is 13.8 Å². The molecule has 3 fully saturated rings. The van der Waals surface area contributed by atoms with Crippen LogP contribution >= 0.6 is 0 Å².